The van der Waals surface area contributed by atoms with Gasteiger partial charge in [-0.3, -0.25) is 0 Å². The van der Waals surface area contributed by atoms with Crippen LogP contribution in [-0.2, 0) is 0 Å². The zero-order chi connectivity index (χ0) is 15.2. The van der Waals surface area contributed by atoms with E-state index in [1.165, 1.54) is 31.5 Å². The van der Waals surface area contributed by atoms with Crippen molar-refractivity contribution in [1.82, 2.24) is 10.2 Å². The van der Waals surface area contributed by atoms with Crippen molar-refractivity contribution in [2.24, 2.45) is 5.92 Å². The largest absolute Gasteiger partial charge is 0.494 e. The van der Waals surface area contributed by atoms with E-state index in [1.807, 2.05) is 6.92 Å². The van der Waals surface area contributed by atoms with E-state index in [9.17, 15) is 0 Å². The molecule has 0 bridgehead atoms. The highest BCUT2D eigenvalue weighted by molar-refractivity contribution is 5.29. The fraction of sp³-hybridized carbons (Fsp3) is 0.667. The fourth-order valence-corrected chi connectivity index (χ4v) is 3.17. The SMILES string of the molecule is CCOc1ccc(C(C)NC(C)C2CCN(C)CC2)cc1. The molecule has 1 fully saturated rings. The summed E-state index contributed by atoms with van der Waals surface area (Å²) in [5.74, 6) is 1.75. The highest BCUT2D eigenvalue weighted by atomic mass is 16.5. The Hall–Kier alpha value is -1.06. The minimum atomic E-state index is 0.385. The van der Waals surface area contributed by atoms with Gasteiger partial charge in [-0.2, -0.15) is 0 Å². The Morgan fingerprint density at radius 2 is 1.81 bits per heavy atom. The van der Waals surface area contributed by atoms with Gasteiger partial charge in [0.25, 0.3) is 0 Å². The van der Waals surface area contributed by atoms with Gasteiger partial charge in [-0.1, -0.05) is 12.1 Å². The van der Waals surface area contributed by atoms with Gasteiger partial charge in [0.15, 0.2) is 0 Å². The second-order valence-electron chi connectivity index (χ2n) is 6.32. The smallest absolute Gasteiger partial charge is 0.119 e. The predicted molar refractivity (Wildman–Crippen MR) is 88.8 cm³/mol. The summed E-state index contributed by atoms with van der Waals surface area (Å²) < 4.78 is 5.50. The maximum atomic E-state index is 5.50. The molecule has 118 valence electrons. The van der Waals surface area contributed by atoms with E-state index in [-0.39, 0.29) is 0 Å². The second kappa shape index (κ2) is 7.81. The number of nitrogens with zero attached hydrogens (tertiary/aromatic N) is 1. The maximum Gasteiger partial charge on any atom is 0.119 e. The number of ether oxygens (including phenoxy) is 1. The van der Waals surface area contributed by atoms with Gasteiger partial charge in [-0.05, 0) is 77.4 Å². The van der Waals surface area contributed by atoms with Crippen LogP contribution in [0.25, 0.3) is 0 Å². The zero-order valence-corrected chi connectivity index (χ0v) is 13.9. The molecule has 0 spiro atoms. The number of nitrogens with one attached hydrogen (secondary N) is 1. The van der Waals surface area contributed by atoms with Crippen LogP contribution in [-0.4, -0.2) is 37.7 Å². The second-order valence-corrected chi connectivity index (χ2v) is 6.32. The lowest BCUT2D eigenvalue weighted by molar-refractivity contribution is 0.185. The molecular formula is C18H30N2O. The van der Waals surface area contributed by atoms with Gasteiger partial charge < -0.3 is 15.0 Å². The Kier molecular flexibility index (Phi) is 6.07. The lowest BCUT2D eigenvalue weighted by atomic mass is 9.90. The minimum Gasteiger partial charge on any atom is -0.494 e. The van der Waals surface area contributed by atoms with Crippen molar-refractivity contribution in [1.29, 1.82) is 0 Å². The van der Waals surface area contributed by atoms with E-state index in [1.54, 1.807) is 0 Å². The first-order chi connectivity index (χ1) is 10.1. The lowest BCUT2D eigenvalue weighted by Gasteiger charge is -2.34. The van der Waals surface area contributed by atoms with Crippen LogP contribution < -0.4 is 10.1 Å². The molecule has 0 saturated carbocycles. The maximum absolute atomic E-state index is 5.50. The molecule has 1 aliphatic rings. The summed E-state index contributed by atoms with van der Waals surface area (Å²) in [6.07, 6.45) is 2.61. The molecule has 1 heterocycles. The quantitative estimate of drug-likeness (QED) is 0.868. The first-order valence-electron chi connectivity index (χ1n) is 8.27. The number of hydrogen-bond donors (Lipinski definition) is 1. The normalized spacial score (nSPS) is 20.2. The zero-order valence-electron chi connectivity index (χ0n) is 13.9. The third-order valence-corrected chi connectivity index (χ3v) is 4.67. The van der Waals surface area contributed by atoms with E-state index >= 15 is 0 Å². The van der Waals surface area contributed by atoms with Crippen LogP contribution in [0.1, 0.15) is 45.2 Å². The Bertz CT molecular complexity index is 410. The summed E-state index contributed by atoms with van der Waals surface area (Å²) in [4.78, 5) is 2.43. The van der Waals surface area contributed by atoms with Crippen LogP contribution in [0.15, 0.2) is 24.3 Å². The van der Waals surface area contributed by atoms with E-state index in [2.05, 4.69) is 55.4 Å². The molecule has 2 atom stereocenters. The topological polar surface area (TPSA) is 24.5 Å². The van der Waals surface area contributed by atoms with Crippen molar-refractivity contribution in [2.45, 2.75) is 45.7 Å². The molecule has 0 aromatic heterocycles. The molecule has 3 nitrogen and oxygen atoms in total. The van der Waals surface area contributed by atoms with Crippen LogP contribution in [0.5, 0.6) is 5.75 Å². The van der Waals surface area contributed by atoms with E-state index < -0.39 is 0 Å². The predicted octanol–water partition coefficient (Wildman–Crippen LogP) is 3.47. The van der Waals surface area contributed by atoms with E-state index in [0.717, 1.165) is 18.3 Å². The third-order valence-electron chi connectivity index (χ3n) is 4.67. The lowest BCUT2D eigenvalue weighted by Crippen LogP contribution is -2.41. The molecule has 2 unspecified atom stereocenters. The van der Waals surface area contributed by atoms with Crippen molar-refractivity contribution in [3.8, 4) is 5.75 Å². The highest BCUT2D eigenvalue weighted by Gasteiger charge is 2.23. The number of hydrogen-bond acceptors (Lipinski definition) is 3. The van der Waals surface area contributed by atoms with Crippen molar-refractivity contribution in [3.63, 3.8) is 0 Å². The van der Waals surface area contributed by atoms with Gasteiger partial charge in [0.1, 0.15) is 5.75 Å². The molecule has 0 amide bonds. The molecule has 0 aliphatic carbocycles. The Morgan fingerprint density at radius 3 is 2.38 bits per heavy atom. The molecule has 3 heteroatoms. The first-order valence-corrected chi connectivity index (χ1v) is 8.27. The monoisotopic (exact) mass is 290 g/mol. The standard InChI is InChI=1S/C18H30N2O/c1-5-21-18-8-6-16(7-9-18)14(2)19-15(3)17-10-12-20(4)13-11-17/h6-9,14-15,17,19H,5,10-13H2,1-4H3. The molecule has 1 aromatic rings. The third kappa shape index (κ3) is 4.72. The molecule has 1 aromatic carbocycles. The Balaban J connectivity index is 1.86. The summed E-state index contributed by atoms with van der Waals surface area (Å²) in [6, 6.07) is 9.43. The van der Waals surface area contributed by atoms with E-state index in [4.69, 9.17) is 4.74 Å². The van der Waals surface area contributed by atoms with Crippen LogP contribution in [0.3, 0.4) is 0 Å². The van der Waals surface area contributed by atoms with Crippen molar-refractivity contribution in [2.75, 3.05) is 26.7 Å². The van der Waals surface area contributed by atoms with Crippen molar-refractivity contribution < 1.29 is 4.74 Å². The molecule has 21 heavy (non-hydrogen) atoms. The van der Waals surface area contributed by atoms with Crippen molar-refractivity contribution in [3.05, 3.63) is 29.8 Å². The van der Waals surface area contributed by atoms with Gasteiger partial charge in [0.2, 0.25) is 0 Å². The van der Waals surface area contributed by atoms with Crippen molar-refractivity contribution >= 4 is 0 Å². The molecule has 1 N–H and O–H groups in total. The summed E-state index contributed by atoms with van der Waals surface area (Å²) in [7, 11) is 2.22. The molecule has 1 saturated heterocycles. The van der Waals surface area contributed by atoms with Gasteiger partial charge in [-0.25, -0.2) is 0 Å². The van der Waals surface area contributed by atoms with Crippen LogP contribution >= 0.6 is 0 Å². The van der Waals surface area contributed by atoms with Crippen LogP contribution in [0, 0.1) is 5.92 Å². The summed E-state index contributed by atoms with van der Waals surface area (Å²) in [6.45, 7) is 9.78. The molecular weight excluding hydrogens is 260 g/mol. The van der Waals surface area contributed by atoms with Gasteiger partial charge in [0, 0.05) is 12.1 Å². The number of benzene rings is 1. The molecule has 2 rings (SSSR count). The average molecular weight is 290 g/mol. The van der Waals surface area contributed by atoms with Gasteiger partial charge in [0.05, 0.1) is 6.61 Å². The van der Waals surface area contributed by atoms with E-state index in [0.29, 0.717) is 12.1 Å². The molecule has 1 aliphatic heterocycles. The number of piperidine rings is 1. The first kappa shape index (κ1) is 16.3. The Labute approximate surface area is 129 Å². The van der Waals surface area contributed by atoms with Gasteiger partial charge in [-0.15, -0.1) is 0 Å². The van der Waals surface area contributed by atoms with Gasteiger partial charge >= 0.3 is 0 Å². The van der Waals surface area contributed by atoms with Crippen LogP contribution in [0.4, 0.5) is 0 Å². The summed E-state index contributed by atoms with van der Waals surface area (Å²) >= 11 is 0. The summed E-state index contributed by atoms with van der Waals surface area (Å²) in [5, 5.41) is 3.77. The minimum absolute atomic E-state index is 0.385. The summed E-state index contributed by atoms with van der Waals surface area (Å²) in [5.41, 5.74) is 1.33. The highest BCUT2D eigenvalue weighted by Crippen LogP contribution is 2.23. The fourth-order valence-electron chi connectivity index (χ4n) is 3.17. The Morgan fingerprint density at radius 1 is 1.19 bits per heavy atom. The number of likely N-dealkylation sites (tertiary alicyclic amines) is 1. The number of rotatable bonds is 6. The molecule has 0 radical (unpaired) electrons. The average Bonchev–Trinajstić information content (AvgIpc) is 2.49. The van der Waals surface area contributed by atoms with Crippen LogP contribution in [0.2, 0.25) is 0 Å².